The van der Waals surface area contributed by atoms with Crippen LogP contribution in [0, 0.1) is 23.1 Å². The first kappa shape index (κ1) is 16.5. The van der Waals surface area contributed by atoms with Crippen molar-refractivity contribution in [2.45, 2.75) is 66.0 Å². The van der Waals surface area contributed by atoms with Crippen molar-refractivity contribution in [3.05, 3.63) is 35.6 Å². The average Bonchev–Trinajstić information content (AvgIpc) is 2.40. The summed E-state index contributed by atoms with van der Waals surface area (Å²) in [6.45, 7) is 11.5. The van der Waals surface area contributed by atoms with Gasteiger partial charge in [-0.25, -0.2) is 4.39 Å². The molecule has 2 rings (SSSR count). The fourth-order valence-corrected chi connectivity index (χ4v) is 3.53. The van der Waals surface area contributed by atoms with Gasteiger partial charge < -0.3 is 5.32 Å². The van der Waals surface area contributed by atoms with Crippen LogP contribution in [-0.4, -0.2) is 6.04 Å². The summed E-state index contributed by atoms with van der Waals surface area (Å²) in [5.74, 6) is 1.32. The molecule has 0 heterocycles. The highest BCUT2D eigenvalue weighted by Gasteiger charge is 2.33. The van der Waals surface area contributed by atoms with E-state index in [0.717, 1.165) is 5.92 Å². The summed E-state index contributed by atoms with van der Waals surface area (Å²) < 4.78 is 13.2. The van der Waals surface area contributed by atoms with E-state index in [2.05, 4.69) is 39.9 Å². The number of hydrogen-bond acceptors (Lipinski definition) is 1. The molecule has 1 nitrogen and oxygen atoms in total. The molecule has 0 amide bonds. The summed E-state index contributed by atoms with van der Waals surface area (Å²) in [6, 6.07) is 7.81. The molecule has 2 heteroatoms. The van der Waals surface area contributed by atoms with Gasteiger partial charge >= 0.3 is 0 Å². The zero-order valence-corrected chi connectivity index (χ0v) is 14.1. The Morgan fingerprint density at radius 3 is 2.29 bits per heavy atom. The Morgan fingerprint density at radius 1 is 1.10 bits per heavy atom. The zero-order chi connectivity index (χ0) is 15.6. The highest BCUT2D eigenvalue weighted by molar-refractivity contribution is 5.22. The molecule has 1 fully saturated rings. The summed E-state index contributed by atoms with van der Waals surface area (Å²) in [4.78, 5) is 0. The second-order valence-corrected chi connectivity index (χ2v) is 7.89. The van der Waals surface area contributed by atoms with Gasteiger partial charge in [-0.1, -0.05) is 59.6 Å². The van der Waals surface area contributed by atoms with Crippen LogP contribution >= 0.6 is 0 Å². The lowest BCUT2D eigenvalue weighted by Crippen LogP contribution is -2.45. The van der Waals surface area contributed by atoms with Crippen LogP contribution in [-0.2, 0) is 0 Å². The van der Waals surface area contributed by atoms with Crippen molar-refractivity contribution in [3.8, 4) is 0 Å². The molecule has 118 valence electrons. The Bertz CT molecular complexity index is 446. The van der Waals surface area contributed by atoms with Gasteiger partial charge in [0.15, 0.2) is 0 Å². The topological polar surface area (TPSA) is 12.0 Å². The average molecular weight is 291 g/mol. The number of hydrogen-bond donors (Lipinski definition) is 1. The maximum absolute atomic E-state index is 13.2. The second-order valence-electron chi connectivity index (χ2n) is 7.89. The van der Waals surface area contributed by atoms with Gasteiger partial charge in [0.1, 0.15) is 5.82 Å². The molecule has 0 spiro atoms. The third-order valence-corrected chi connectivity index (χ3v) is 5.16. The van der Waals surface area contributed by atoms with E-state index in [1.807, 2.05) is 12.1 Å². The van der Waals surface area contributed by atoms with Gasteiger partial charge in [-0.3, -0.25) is 0 Å². The van der Waals surface area contributed by atoms with Gasteiger partial charge in [-0.2, -0.15) is 0 Å². The van der Waals surface area contributed by atoms with Crippen LogP contribution < -0.4 is 5.32 Å². The van der Waals surface area contributed by atoms with Crippen molar-refractivity contribution < 1.29 is 4.39 Å². The van der Waals surface area contributed by atoms with E-state index in [1.54, 1.807) is 12.1 Å². The Balaban J connectivity index is 2.19. The van der Waals surface area contributed by atoms with Crippen LogP contribution in [0.5, 0.6) is 0 Å². The number of rotatable bonds is 3. The van der Waals surface area contributed by atoms with Crippen LogP contribution in [0.2, 0.25) is 0 Å². The maximum Gasteiger partial charge on any atom is 0.123 e. The number of nitrogens with one attached hydrogen (secondary N) is 1. The van der Waals surface area contributed by atoms with Gasteiger partial charge in [-0.05, 0) is 41.4 Å². The molecule has 1 aliphatic carbocycles. The summed E-state index contributed by atoms with van der Waals surface area (Å²) in [6.07, 6.45) is 3.90. The fraction of sp³-hybridized carbons (Fsp3) is 0.684. The van der Waals surface area contributed by atoms with Gasteiger partial charge in [0.25, 0.3) is 0 Å². The van der Waals surface area contributed by atoms with E-state index in [0.29, 0.717) is 12.0 Å². The molecular formula is C19H30FN. The van der Waals surface area contributed by atoms with Crippen LogP contribution in [0.3, 0.4) is 0 Å². The molecule has 0 bridgehead atoms. The smallest absolute Gasteiger partial charge is 0.123 e. The van der Waals surface area contributed by atoms with Crippen LogP contribution in [0.4, 0.5) is 4.39 Å². The normalized spacial score (nSPS) is 28.4. The first-order chi connectivity index (χ1) is 9.79. The molecule has 21 heavy (non-hydrogen) atoms. The Labute approximate surface area is 129 Å². The molecular weight excluding hydrogens is 261 g/mol. The highest BCUT2D eigenvalue weighted by Crippen LogP contribution is 2.37. The lowest BCUT2D eigenvalue weighted by atomic mass is 9.75. The zero-order valence-electron chi connectivity index (χ0n) is 14.1. The van der Waals surface area contributed by atoms with Crippen molar-refractivity contribution >= 4 is 0 Å². The minimum absolute atomic E-state index is 0.109. The van der Waals surface area contributed by atoms with Crippen LogP contribution in [0.15, 0.2) is 24.3 Å². The minimum atomic E-state index is -0.161. The Morgan fingerprint density at radius 2 is 1.71 bits per heavy atom. The minimum Gasteiger partial charge on any atom is -0.306 e. The quantitative estimate of drug-likeness (QED) is 0.794. The van der Waals surface area contributed by atoms with E-state index in [1.165, 1.54) is 24.8 Å². The lowest BCUT2D eigenvalue weighted by molar-refractivity contribution is 0.157. The first-order valence-corrected chi connectivity index (χ1v) is 8.30. The molecule has 0 saturated heterocycles. The van der Waals surface area contributed by atoms with Crippen molar-refractivity contribution in [1.82, 2.24) is 5.32 Å². The third kappa shape index (κ3) is 4.06. The van der Waals surface area contributed by atoms with Crippen molar-refractivity contribution in [2.75, 3.05) is 0 Å². The molecule has 0 radical (unpaired) electrons. The predicted octanol–water partition coefficient (Wildman–Crippen LogP) is 5.33. The lowest BCUT2D eigenvalue weighted by Gasteiger charge is -2.41. The summed E-state index contributed by atoms with van der Waals surface area (Å²) >= 11 is 0. The maximum atomic E-state index is 13.2. The van der Waals surface area contributed by atoms with Gasteiger partial charge in [0, 0.05) is 12.1 Å². The van der Waals surface area contributed by atoms with Gasteiger partial charge in [0.05, 0.1) is 0 Å². The van der Waals surface area contributed by atoms with Crippen LogP contribution in [0.25, 0.3) is 0 Å². The largest absolute Gasteiger partial charge is 0.306 e. The Kier molecular flexibility index (Phi) is 5.08. The highest BCUT2D eigenvalue weighted by atomic mass is 19.1. The molecule has 4 atom stereocenters. The molecule has 4 unspecified atom stereocenters. The number of benzene rings is 1. The van der Waals surface area contributed by atoms with Crippen LogP contribution in [0.1, 0.15) is 65.5 Å². The van der Waals surface area contributed by atoms with Crippen molar-refractivity contribution in [2.24, 2.45) is 17.3 Å². The van der Waals surface area contributed by atoms with Crippen molar-refractivity contribution in [3.63, 3.8) is 0 Å². The van der Waals surface area contributed by atoms with E-state index < -0.39 is 0 Å². The molecule has 0 aliphatic heterocycles. The molecule has 1 aromatic rings. The molecule has 1 N–H and O–H groups in total. The van der Waals surface area contributed by atoms with Crippen molar-refractivity contribution in [1.29, 1.82) is 0 Å². The summed E-state index contributed by atoms with van der Waals surface area (Å²) in [5, 5.41) is 3.89. The molecule has 1 aromatic carbocycles. The predicted molar refractivity (Wildman–Crippen MR) is 87.7 cm³/mol. The summed E-state index contributed by atoms with van der Waals surface area (Å²) in [5.41, 5.74) is 1.30. The van der Waals surface area contributed by atoms with E-state index in [-0.39, 0.29) is 17.3 Å². The van der Waals surface area contributed by atoms with E-state index in [4.69, 9.17) is 0 Å². The molecule has 1 aliphatic rings. The third-order valence-electron chi connectivity index (χ3n) is 5.16. The summed E-state index contributed by atoms with van der Waals surface area (Å²) in [7, 11) is 0. The molecule has 1 saturated carbocycles. The monoisotopic (exact) mass is 291 g/mol. The fourth-order valence-electron chi connectivity index (χ4n) is 3.53. The molecule has 0 aromatic heterocycles. The Hall–Kier alpha value is -0.890. The standard InChI is InChI=1S/C19H30FN/c1-13-7-6-8-17(14(13)2)21-18(19(3,4)5)15-9-11-16(20)12-10-15/h9-14,17-18,21H,6-8H2,1-5H3. The van der Waals surface area contributed by atoms with Gasteiger partial charge in [-0.15, -0.1) is 0 Å². The van der Waals surface area contributed by atoms with E-state index >= 15 is 0 Å². The first-order valence-electron chi connectivity index (χ1n) is 8.30. The SMILES string of the molecule is CC1CCCC(NC(c2ccc(F)cc2)C(C)(C)C)C1C. The second kappa shape index (κ2) is 6.48. The van der Waals surface area contributed by atoms with Gasteiger partial charge in [0.2, 0.25) is 0 Å². The van der Waals surface area contributed by atoms with E-state index in [9.17, 15) is 4.39 Å². The number of halogens is 1.